The number of hydrogen-bond acceptors (Lipinski definition) is 0. The van der Waals surface area contributed by atoms with Gasteiger partial charge in [-0.25, -0.2) is 0 Å². The van der Waals surface area contributed by atoms with Crippen LogP contribution >= 0.6 is 0 Å². The number of benzene rings is 8. The largest absolute Gasteiger partial charge is 0.0622 e. The fourth-order valence-electron chi connectivity index (χ4n) is 9.32. The predicted molar refractivity (Wildman–Crippen MR) is 213 cm³/mol. The Morgan fingerprint density at radius 2 is 0.740 bits per heavy atom. The van der Waals surface area contributed by atoms with E-state index in [4.69, 9.17) is 0 Å². The molecular formula is C50H38. The Kier molecular flexibility index (Phi) is 6.07. The van der Waals surface area contributed by atoms with E-state index < -0.39 is 0 Å². The molecule has 50 heavy (non-hydrogen) atoms. The maximum Gasteiger partial charge on any atom is 0.0159 e. The second-order valence-corrected chi connectivity index (χ2v) is 15.3. The van der Waals surface area contributed by atoms with Crippen LogP contribution < -0.4 is 0 Å². The quantitative estimate of drug-likeness (QED) is 0.169. The van der Waals surface area contributed by atoms with Crippen molar-refractivity contribution in [1.82, 2.24) is 0 Å². The molecule has 0 N–H and O–H groups in total. The van der Waals surface area contributed by atoms with E-state index in [-0.39, 0.29) is 10.8 Å². The average Bonchev–Trinajstić information content (AvgIpc) is 3.52. The summed E-state index contributed by atoms with van der Waals surface area (Å²) in [6.45, 7) is 9.58. The van der Waals surface area contributed by atoms with Crippen LogP contribution in [0.4, 0.5) is 0 Å². The van der Waals surface area contributed by atoms with E-state index in [1.165, 1.54) is 99.4 Å². The molecule has 8 aromatic rings. The molecule has 0 bridgehead atoms. The van der Waals surface area contributed by atoms with Crippen LogP contribution in [0.1, 0.15) is 49.9 Å². The fourth-order valence-corrected chi connectivity index (χ4v) is 9.32. The van der Waals surface area contributed by atoms with Crippen LogP contribution in [0.2, 0.25) is 0 Å². The van der Waals surface area contributed by atoms with Crippen LogP contribution in [-0.2, 0) is 10.8 Å². The maximum atomic E-state index is 2.53. The Morgan fingerprint density at radius 1 is 0.280 bits per heavy atom. The summed E-state index contributed by atoms with van der Waals surface area (Å²) in [7, 11) is 0. The molecule has 8 aromatic carbocycles. The topological polar surface area (TPSA) is 0 Å². The van der Waals surface area contributed by atoms with Crippen molar-refractivity contribution in [2.24, 2.45) is 0 Å². The minimum Gasteiger partial charge on any atom is -0.0622 e. The van der Waals surface area contributed by atoms with Gasteiger partial charge in [0.05, 0.1) is 0 Å². The van der Waals surface area contributed by atoms with Gasteiger partial charge in [-0.3, -0.25) is 0 Å². The van der Waals surface area contributed by atoms with Crippen molar-refractivity contribution in [2.45, 2.75) is 38.5 Å². The summed E-state index contributed by atoms with van der Waals surface area (Å²) >= 11 is 0. The summed E-state index contributed by atoms with van der Waals surface area (Å²) in [5.41, 5.74) is 18.7. The van der Waals surface area contributed by atoms with Gasteiger partial charge in [0.1, 0.15) is 0 Å². The molecule has 0 amide bonds. The van der Waals surface area contributed by atoms with E-state index in [0.717, 1.165) is 0 Å². The van der Waals surface area contributed by atoms with E-state index >= 15 is 0 Å². The van der Waals surface area contributed by atoms with Crippen molar-refractivity contribution in [2.75, 3.05) is 0 Å². The first kappa shape index (κ1) is 29.2. The second kappa shape index (κ2) is 10.4. The smallest absolute Gasteiger partial charge is 0.0159 e. The molecule has 0 nitrogen and oxygen atoms in total. The van der Waals surface area contributed by atoms with Crippen LogP contribution in [0, 0.1) is 0 Å². The first-order chi connectivity index (χ1) is 24.3. The molecular weight excluding hydrogens is 601 g/mol. The lowest BCUT2D eigenvalue weighted by atomic mass is 9.77. The van der Waals surface area contributed by atoms with Gasteiger partial charge in [0, 0.05) is 10.8 Å². The Bertz CT molecular complexity index is 2630. The van der Waals surface area contributed by atoms with Crippen molar-refractivity contribution in [3.05, 3.63) is 180 Å². The lowest BCUT2D eigenvalue weighted by Gasteiger charge is -2.26. The molecule has 0 spiro atoms. The van der Waals surface area contributed by atoms with Gasteiger partial charge in [0.2, 0.25) is 0 Å². The molecule has 0 saturated heterocycles. The first-order valence-electron chi connectivity index (χ1n) is 17.9. The molecule has 0 heteroatoms. The summed E-state index contributed by atoms with van der Waals surface area (Å²) in [5, 5.41) is 5.13. The molecule has 2 aliphatic carbocycles. The summed E-state index contributed by atoms with van der Waals surface area (Å²) < 4.78 is 0. The van der Waals surface area contributed by atoms with Crippen molar-refractivity contribution in [3.63, 3.8) is 0 Å². The molecule has 0 unspecified atom stereocenters. The van der Waals surface area contributed by atoms with Crippen LogP contribution in [0.3, 0.4) is 0 Å². The molecule has 0 atom stereocenters. The highest BCUT2D eigenvalue weighted by Gasteiger charge is 2.41. The molecule has 0 radical (unpaired) electrons. The normalized spacial score (nSPS) is 14.7. The Hall–Kier alpha value is -5.72. The molecule has 10 rings (SSSR count). The highest BCUT2D eigenvalue weighted by Crippen LogP contribution is 2.56. The molecule has 0 heterocycles. The average molecular weight is 639 g/mol. The zero-order valence-corrected chi connectivity index (χ0v) is 29.0. The zero-order valence-electron chi connectivity index (χ0n) is 29.0. The minimum atomic E-state index is -0.0994. The van der Waals surface area contributed by atoms with Gasteiger partial charge in [-0.2, -0.15) is 0 Å². The van der Waals surface area contributed by atoms with E-state index in [0.29, 0.717) is 0 Å². The van der Waals surface area contributed by atoms with Gasteiger partial charge < -0.3 is 0 Å². The van der Waals surface area contributed by atoms with Crippen LogP contribution in [0.25, 0.3) is 77.2 Å². The molecule has 2 aliphatic rings. The lowest BCUT2D eigenvalue weighted by Crippen LogP contribution is -2.18. The fraction of sp³-hybridized carbons (Fsp3) is 0.120. The Morgan fingerprint density at radius 3 is 1.40 bits per heavy atom. The zero-order chi connectivity index (χ0) is 33.8. The predicted octanol–water partition coefficient (Wildman–Crippen LogP) is 13.6. The van der Waals surface area contributed by atoms with E-state index in [9.17, 15) is 0 Å². The molecule has 0 aromatic heterocycles. The summed E-state index contributed by atoms with van der Waals surface area (Å²) in [6.07, 6.45) is 0. The minimum absolute atomic E-state index is 0.00888. The van der Waals surface area contributed by atoms with Crippen LogP contribution in [0.5, 0.6) is 0 Å². The molecule has 0 fully saturated rings. The molecule has 0 saturated carbocycles. The van der Waals surface area contributed by atoms with Crippen molar-refractivity contribution >= 4 is 21.5 Å². The number of hydrogen-bond donors (Lipinski definition) is 0. The van der Waals surface area contributed by atoms with E-state index in [1.807, 2.05) is 0 Å². The van der Waals surface area contributed by atoms with Gasteiger partial charge >= 0.3 is 0 Å². The SMILES string of the molecule is CC1(C)c2ccccc2-c2cc3c(cc21)C(C)(C)c1cc(-c2cccc(-c4c5ccccc5c(-c5ccccc5)c5ccccc45)c2)ccc1-3. The molecule has 0 aliphatic heterocycles. The number of fused-ring (bicyclic) bond motifs is 8. The maximum absolute atomic E-state index is 2.53. The highest BCUT2D eigenvalue weighted by molar-refractivity contribution is 6.21. The third-order valence-corrected chi connectivity index (χ3v) is 11.9. The summed E-state index contributed by atoms with van der Waals surface area (Å²) in [6, 6.07) is 59.0. The van der Waals surface area contributed by atoms with E-state index in [2.05, 4.69) is 185 Å². The third-order valence-electron chi connectivity index (χ3n) is 11.9. The summed E-state index contributed by atoms with van der Waals surface area (Å²) in [5.74, 6) is 0. The van der Waals surface area contributed by atoms with Crippen LogP contribution in [0.15, 0.2) is 158 Å². The van der Waals surface area contributed by atoms with Crippen molar-refractivity contribution in [1.29, 1.82) is 0 Å². The Labute approximate surface area is 294 Å². The van der Waals surface area contributed by atoms with Crippen LogP contribution in [-0.4, -0.2) is 0 Å². The monoisotopic (exact) mass is 638 g/mol. The van der Waals surface area contributed by atoms with Gasteiger partial charge in [0.25, 0.3) is 0 Å². The van der Waals surface area contributed by atoms with E-state index in [1.54, 1.807) is 0 Å². The Balaban J connectivity index is 1.13. The van der Waals surface area contributed by atoms with Gasteiger partial charge in [-0.15, -0.1) is 0 Å². The third kappa shape index (κ3) is 4.00. The van der Waals surface area contributed by atoms with Gasteiger partial charge in [0.15, 0.2) is 0 Å². The number of rotatable bonds is 3. The summed E-state index contributed by atoms with van der Waals surface area (Å²) in [4.78, 5) is 0. The lowest BCUT2D eigenvalue weighted by molar-refractivity contribution is 0.639. The van der Waals surface area contributed by atoms with Gasteiger partial charge in [-0.1, -0.05) is 167 Å². The molecule has 238 valence electrons. The van der Waals surface area contributed by atoms with Crippen molar-refractivity contribution < 1.29 is 0 Å². The van der Waals surface area contributed by atoms with Gasteiger partial charge in [-0.05, 0) is 118 Å². The second-order valence-electron chi connectivity index (χ2n) is 15.3. The first-order valence-corrected chi connectivity index (χ1v) is 17.9. The van der Waals surface area contributed by atoms with Crippen molar-refractivity contribution in [3.8, 4) is 55.6 Å². The standard InChI is InChI=1S/C50H38/c1-49(2)43-24-13-12-19-35(43)41-29-42-36-26-25-33(28-44(36)50(3,4)46(42)30-45(41)49)32-17-14-18-34(27-32)48-39-22-10-8-20-37(39)47(31-15-6-5-7-16-31)38-21-9-11-23-40(38)48/h5-30H,1-4H3. The highest BCUT2D eigenvalue weighted by atomic mass is 14.4.